The Hall–Kier alpha value is -1.18. The number of benzene rings is 1. The maximum atomic E-state index is 12.9. The van der Waals surface area contributed by atoms with Crippen LogP contribution in [0.1, 0.15) is 6.92 Å². The van der Waals surface area contributed by atoms with E-state index in [1.807, 2.05) is 0 Å². The molecule has 1 aromatic carbocycles. The molecule has 1 aromatic rings. The maximum Gasteiger partial charge on any atom is 0.321 e. The van der Waals surface area contributed by atoms with Gasteiger partial charge in [-0.3, -0.25) is 0 Å². The Morgan fingerprint density at radius 2 is 2.05 bits per heavy atom. The first-order valence-corrected chi connectivity index (χ1v) is 6.79. The van der Waals surface area contributed by atoms with Crippen LogP contribution in [0.15, 0.2) is 22.7 Å². The number of amides is 2. The van der Waals surface area contributed by atoms with Crippen LogP contribution in [-0.2, 0) is 0 Å². The first kappa shape index (κ1) is 16.9. The zero-order valence-corrected chi connectivity index (χ0v) is 12.9. The molecule has 0 fully saturated rings. The molecule has 0 aliphatic heterocycles. The fourth-order valence-corrected chi connectivity index (χ4v) is 2.05. The number of aliphatic hydroxyl groups excluding tert-OH is 2. The van der Waals surface area contributed by atoms with Gasteiger partial charge in [0.15, 0.2) is 0 Å². The standard InChI is InChI=1S/C13H18BrFN2O3/c1-13(7-18,8-19)6-17(2)12(20)16-11-4-3-9(15)5-10(11)14/h3-5,18-19H,6-8H2,1-2H3,(H,16,20). The van der Waals surface area contributed by atoms with E-state index in [1.54, 1.807) is 14.0 Å². The topological polar surface area (TPSA) is 72.8 Å². The van der Waals surface area contributed by atoms with Gasteiger partial charge in [0.2, 0.25) is 0 Å². The van der Waals surface area contributed by atoms with Crippen LogP contribution in [0.5, 0.6) is 0 Å². The van der Waals surface area contributed by atoms with Crippen molar-refractivity contribution in [2.75, 3.05) is 32.1 Å². The summed E-state index contributed by atoms with van der Waals surface area (Å²) in [4.78, 5) is 13.3. The lowest BCUT2D eigenvalue weighted by molar-refractivity contribution is 0.0509. The lowest BCUT2D eigenvalue weighted by Gasteiger charge is -2.30. The van der Waals surface area contributed by atoms with Crippen molar-refractivity contribution >= 4 is 27.6 Å². The normalized spacial score (nSPS) is 11.3. The van der Waals surface area contributed by atoms with Gasteiger partial charge in [0, 0.05) is 23.5 Å². The Labute approximate surface area is 125 Å². The second-order valence-electron chi connectivity index (χ2n) is 5.04. The number of urea groups is 1. The molecular formula is C13H18BrFN2O3. The summed E-state index contributed by atoms with van der Waals surface area (Å²) in [6.07, 6.45) is 0. The van der Waals surface area contributed by atoms with Crippen LogP contribution in [0, 0.1) is 11.2 Å². The molecule has 20 heavy (non-hydrogen) atoms. The molecule has 2 amide bonds. The van der Waals surface area contributed by atoms with Crippen molar-refractivity contribution in [3.05, 3.63) is 28.5 Å². The van der Waals surface area contributed by atoms with Gasteiger partial charge in [0.05, 0.1) is 18.9 Å². The molecule has 0 aliphatic carbocycles. The van der Waals surface area contributed by atoms with Crippen molar-refractivity contribution in [2.45, 2.75) is 6.92 Å². The number of rotatable bonds is 5. The van der Waals surface area contributed by atoms with E-state index in [-0.39, 0.29) is 19.8 Å². The van der Waals surface area contributed by atoms with Gasteiger partial charge in [0.1, 0.15) is 5.82 Å². The predicted octanol–water partition coefficient (Wildman–Crippen LogP) is 2.04. The molecule has 7 heteroatoms. The summed E-state index contributed by atoms with van der Waals surface area (Å²) in [5, 5.41) is 21.0. The van der Waals surface area contributed by atoms with Crippen LogP contribution in [-0.4, -0.2) is 48.0 Å². The molecule has 0 spiro atoms. The molecule has 0 radical (unpaired) electrons. The molecule has 0 aromatic heterocycles. The Balaban J connectivity index is 2.71. The molecule has 0 heterocycles. The molecule has 0 atom stereocenters. The molecule has 0 bridgehead atoms. The van der Waals surface area contributed by atoms with E-state index < -0.39 is 17.3 Å². The van der Waals surface area contributed by atoms with Crippen LogP contribution >= 0.6 is 15.9 Å². The molecule has 3 N–H and O–H groups in total. The molecule has 5 nitrogen and oxygen atoms in total. The summed E-state index contributed by atoms with van der Waals surface area (Å²) in [6, 6.07) is 3.53. The number of aliphatic hydroxyl groups is 2. The fourth-order valence-electron chi connectivity index (χ4n) is 1.60. The minimum absolute atomic E-state index is 0.185. The largest absolute Gasteiger partial charge is 0.396 e. The number of hydrogen-bond donors (Lipinski definition) is 3. The summed E-state index contributed by atoms with van der Waals surface area (Å²) in [6.45, 7) is 1.39. The summed E-state index contributed by atoms with van der Waals surface area (Å²) < 4.78 is 13.4. The molecule has 112 valence electrons. The van der Waals surface area contributed by atoms with Gasteiger partial charge in [-0.05, 0) is 34.1 Å². The molecule has 0 unspecified atom stereocenters. The second-order valence-corrected chi connectivity index (χ2v) is 5.89. The van der Waals surface area contributed by atoms with Crippen molar-refractivity contribution in [1.82, 2.24) is 4.90 Å². The summed E-state index contributed by atoms with van der Waals surface area (Å²) in [5.74, 6) is -0.406. The number of anilines is 1. The molecule has 0 saturated carbocycles. The maximum absolute atomic E-state index is 12.9. The average Bonchev–Trinajstić information content (AvgIpc) is 2.41. The Kier molecular flexibility index (Phi) is 5.91. The predicted molar refractivity (Wildman–Crippen MR) is 78.0 cm³/mol. The van der Waals surface area contributed by atoms with E-state index in [0.29, 0.717) is 10.2 Å². The summed E-state index contributed by atoms with van der Waals surface area (Å²) >= 11 is 3.16. The molecule has 0 saturated heterocycles. The zero-order chi connectivity index (χ0) is 15.3. The van der Waals surface area contributed by atoms with Gasteiger partial charge >= 0.3 is 6.03 Å². The van der Waals surface area contributed by atoms with Crippen molar-refractivity contribution in [3.8, 4) is 0 Å². The summed E-state index contributed by atoms with van der Waals surface area (Å²) in [7, 11) is 1.55. The highest BCUT2D eigenvalue weighted by atomic mass is 79.9. The van der Waals surface area contributed by atoms with Crippen molar-refractivity contribution in [2.24, 2.45) is 5.41 Å². The highest BCUT2D eigenvalue weighted by Crippen LogP contribution is 2.23. The molecule has 1 rings (SSSR count). The third kappa shape index (κ3) is 4.43. The highest BCUT2D eigenvalue weighted by Gasteiger charge is 2.26. The fraction of sp³-hybridized carbons (Fsp3) is 0.462. The van der Waals surface area contributed by atoms with E-state index in [4.69, 9.17) is 0 Å². The first-order valence-electron chi connectivity index (χ1n) is 6.00. The lowest BCUT2D eigenvalue weighted by atomic mass is 9.92. The van der Waals surface area contributed by atoms with E-state index in [9.17, 15) is 19.4 Å². The minimum atomic E-state index is -0.772. The van der Waals surface area contributed by atoms with Crippen molar-refractivity contribution < 1.29 is 19.4 Å². The smallest absolute Gasteiger partial charge is 0.321 e. The van der Waals surface area contributed by atoms with Crippen LogP contribution in [0.2, 0.25) is 0 Å². The number of nitrogens with one attached hydrogen (secondary N) is 1. The van der Waals surface area contributed by atoms with Gasteiger partial charge in [-0.15, -0.1) is 0 Å². The van der Waals surface area contributed by atoms with Crippen LogP contribution in [0.4, 0.5) is 14.9 Å². The van der Waals surface area contributed by atoms with Crippen molar-refractivity contribution in [3.63, 3.8) is 0 Å². The van der Waals surface area contributed by atoms with E-state index in [0.717, 1.165) is 0 Å². The van der Waals surface area contributed by atoms with E-state index >= 15 is 0 Å². The number of carbonyl (C=O) groups is 1. The SMILES string of the molecule is CN(CC(C)(CO)CO)C(=O)Nc1ccc(F)cc1Br. The third-order valence-electron chi connectivity index (χ3n) is 2.90. The highest BCUT2D eigenvalue weighted by molar-refractivity contribution is 9.10. The van der Waals surface area contributed by atoms with Crippen LogP contribution < -0.4 is 5.32 Å². The van der Waals surface area contributed by atoms with Gasteiger partial charge in [0.25, 0.3) is 0 Å². The van der Waals surface area contributed by atoms with Crippen LogP contribution in [0.25, 0.3) is 0 Å². The summed E-state index contributed by atoms with van der Waals surface area (Å²) in [5.41, 5.74) is -0.329. The monoisotopic (exact) mass is 348 g/mol. The third-order valence-corrected chi connectivity index (χ3v) is 3.56. The Morgan fingerprint density at radius 3 is 2.55 bits per heavy atom. The van der Waals surface area contributed by atoms with Gasteiger partial charge in [-0.1, -0.05) is 6.92 Å². The number of hydrogen-bond acceptors (Lipinski definition) is 3. The second kappa shape index (κ2) is 7.01. The van der Waals surface area contributed by atoms with Gasteiger partial charge in [-0.2, -0.15) is 0 Å². The minimum Gasteiger partial charge on any atom is -0.396 e. The lowest BCUT2D eigenvalue weighted by Crippen LogP contribution is -2.43. The zero-order valence-electron chi connectivity index (χ0n) is 11.4. The van der Waals surface area contributed by atoms with Crippen LogP contribution in [0.3, 0.4) is 0 Å². The quantitative estimate of drug-likeness (QED) is 0.762. The number of carbonyl (C=O) groups excluding carboxylic acids is 1. The van der Waals surface area contributed by atoms with Gasteiger partial charge in [-0.25, -0.2) is 9.18 Å². The Morgan fingerprint density at radius 1 is 1.45 bits per heavy atom. The molecule has 0 aliphatic rings. The Bertz CT molecular complexity index is 481. The number of nitrogens with zero attached hydrogens (tertiary/aromatic N) is 1. The average molecular weight is 349 g/mol. The number of halogens is 2. The van der Waals surface area contributed by atoms with Crippen molar-refractivity contribution in [1.29, 1.82) is 0 Å². The van der Waals surface area contributed by atoms with Gasteiger partial charge < -0.3 is 20.4 Å². The van der Waals surface area contributed by atoms with E-state index in [1.165, 1.54) is 23.1 Å². The molecular weight excluding hydrogens is 331 g/mol. The van der Waals surface area contributed by atoms with E-state index in [2.05, 4.69) is 21.2 Å². The first-order chi connectivity index (χ1) is 9.31.